The van der Waals surface area contributed by atoms with Gasteiger partial charge in [-0.2, -0.15) is 4.98 Å². The van der Waals surface area contributed by atoms with Crippen LogP contribution in [0.2, 0.25) is 0 Å². The van der Waals surface area contributed by atoms with E-state index in [0.717, 1.165) is 5.56 Å². The zero-order chi connectivity index (χ0) is 21.1. The topological polar surface area (TPSA) is 134 Å². The first-order chi connectivity index (χ1) is 13.8. The predicted molar refractivity (Wildman–Crippen MR) is 108 cm³/mol. The van der Waals surface area contributed by atoms with E-state index in [4.69, 9.17) is 4.74 Å². The van der Waals surface area contributed by atoms with Crippen LogP contribution in [0.3, 0.4) is 0 Å². The van der Waals surface area contributed by atoms with Gasteiger partial charge in [-0.3, -0.25) is 14.3 Å². The molecule has 0 amide bonds. The number of aromatic nitrogens is 4. The molecule has 0 bridgehead atoms. The number of hydrogen-bond donors (Lipinski definition) is 4. The number of fused-ring (bicyclic) bond motifs is 1. The van der Waals surface area contributed by atoms with Gasteiger partial charge in [-0.05, 0) is 31.5 Å². The quantitative estimate of drug-likeness (QED) is 0.415. The minimum Gasteiger partial charge on any atom is -0.491 e. The second-order valence-corrected chi connectivity index (χ2v) is 7.05. The number of H-pyrrole nitrogens is 1. The zero-order valence-electron chi connectivity index (χ0n) is 16.5. The highest BCUT2D eigenvalue weighted by molar-refractivity contribution is 5.74. The molecule has 0 saturated heterocycles. The van der Waals surface area contributed by atoms with E-state index in [1.54, 1.807) is 13.0 Å². The minimum absolute atomic E-state index is 0.00262. The van der Waals surface area contributed by atoms with E-state index in [-0.39, 0.29) is 36.8 Å². The SMILES string of the molecule is Cc1cccc(OC[C@H](O)Cn2c(NC[C@@H](C)O)nc3c2c(=O)[nH]c(=O)n3C)c1. The van der Waals surface area contributed by atoms with Crippen LogP contribution in [0.25, 0.3) is 11.2 Å². The minimum atomic E-state index is -0.948. The van der Waals surface area contributed by atoms with Crippen molar-refractivity contribution in [3.05, 3.63) is 50.7 Å². The van der Waals surface area contributed by atoms with Crippen LogP contribution in [0.5, 0.6) is 5.75 Å². The van der Waals surface area contributed by atoms with Crippen LogP contribution in [0.1, 0.15) is 12.5 Å². The molecule has 156 valence electrons. The summed E-state index contributed by atoms with van der Waals surface area (Å²) in [5.74, 6) is 0.898. The summed E-state index contributed by atoms with van der Waals surface area (Å²) in [5.41, 5.74) is 0.174. The Morgan fingerprint density at radius 3 is 2.76 bits per heavy atom. The molecule has 0 aliphatic carbocycles. The first-order valence-corrected chi connectivity index (χ1v) is 9.25. The van der Waals surface area contributed by atoms with Crippen LogP contribution in [-0.4, -0.2) is 54.7 Å². The number of aryl methyl sites for hydroxylation is 2. The lowest BCUT2D eigenvalue weighted by atomic mass is 10.2. The number of hydrogen-bond acceptors (Lipinski definition) is 7. The Balaban J connectivity index is 1.89. The van der Waals surface area contributed by atoms with Gasteiger partial charge < -0.3 is 24.8 Å². The molecule has 2 heterocycles. The van der Waals surface area contributed by atoms with Gasteiger partial charge in [0.2, 0.25) is 5.95 Å². The predicted octanol–water partition coefficient (Wildman–Crippen LogP) is -0.0357. The first kappa shape index (κ1) is 20.6. The molecular formula is C19H25N5O5. The Morgan fingerprint density at radius 2 is 2.07 bits per heavy atom. The number of nitrogens with zero attached hydrogens (tertiary/aromatic N) is 3. The van der Waals surface area contributed by atoms with Crippen molar-refractivity contribution in [2.24, 2.45) is 7.05 Å². The van der Waals surface area contributed by atoms with Crippen LogP contribution < -0.4 is 21.3 Å². The maximum atomic E-state index is 12.4. The summed E-state index contributed by atoms with van der Waals surface area (Å²) in [6, 6.07) is 7.45. The van der Waals surface area contributed by atoms with E-state index in [1.165, 1.54) is 16.2 Å². The summed E-state index contributed by atoms with van der Waals surface area (Å²) in [4.78, 5) is 30.8. The number of nitrogens with one attached hydrogen (secondary N) is 2. The monoisotopic (exact) mass is 403 g/mol. The summed E-state index contributed by atoms with van der Waals surface area (Å²) >= 11 is 0. The van der Waals surface area contributed by atoms with Gasteiger partial charge in [0.25, 0.3) is 5.56 Å². The summed E-state index contributed by atoms with van der Waals surface area (Å²) < 4.78 is 8.34. The number of imidazole rings is 1. The molecule has 0 saturated carbocycles. The third kappa shape index (κ3) is 4.66. The summed E-state index contributed by atoms with van der Waals surface area (Å²) in [6.07, 6.45) is -1.60. The molecule has 0 fully saturated rings. The average molecular weight is 403 g/mol. The third-order valence-corrected chi connectivity index (χ3v) is 4.39. The fourth-order valence-corrected chi connectivity index (χ4v) is 2.95. The fourth-order valence-electron chi connectivity index (χ4n) is 2.95. The van der Waals surface area contributed by atoms with E-state index in [1.807, 2.05) is 25.1 Å². The molecule has 0 radical (unpaired) electrons. The molecule has 3 aromatic rings. The van der Waals surface area contributed by atoms with Crippen LogP contribution in [0.4, 0.5) is 5.95 Å². The molecular weight excluding hydrogens is 378 g/mol. The van der Waals surface area contributed by atoms with Gasteiger partial charge in [0, 0.05) is 13.6 Å². The molecule has 3 rings (SSSR count). The lowest BCUT2D eigenvalue weighted by Crippen LogP contribution is -2.31. The molecule has 10 heteroatoms. The summed E-state index contributed by atoms with van der Waals surface area (Å²) in [7, 11) is 1.49. The third-order valence-electron chi connectivity index (χ3n) is 4.39. The molecule has 0 unspecified atom stereocenters. The highest BCUT2D eigenvalue weighted by Crippen LogP contribution is 2.17. The van der Waals surface area contributed by atoms with Gasteiger partial charge in [-0.15, -0.1) is 0 Å². The number of aromatic amines is 1. The van der Waals surface area contributed by atoms with Gasteiger partial charge >= 0.3 is 5.69 Å². The van der Waals surface area contributed by atoms with Crippen molar-refractivity contribution in [1.29, 1.82) is 0 Å². The first-order valence-electron chi connectivity index (χ1n) is 9.25. The average Bonchev–Trinajstić information content (AvgIpc) is 3.02. The number of anilines is 1. The van der Waals surface area contributed by atoms with Gasteiger partial charge in [-0.1, -0.05) is 12.1 Å². The van der Waals surface area contributed by atoms with Gasteiger partial charge in [-0.25, -0.2) is 4.79 Å². The van der Waals surface area contributed by atoms with E-state index >= 15 is 0 Å². The number of aliphatic hydroxyl groups excluding tert-OH is 2. The van der Waals surface area contributed by atoms with Crippen molar-refractivity contribution < 1.29 is 14.9 Å². The Morgan fingerprint density at radius 1 is 1.31 bits per heavy atom. The molecule has 4 N–H and O–H groups in total. The molecule has 10 nitrogen and oxygen atoms in total. The van der Waals surface area contributed by atoms with E-state index in [0.29, 0.717) is 5.75 Å². The Kier molecular flexibility index (Phi) is 6.04. The van der Waals surface area contributed by atoms with Gasteiger partial charge in [0.05, 0.1) is 12.6 Å². The number of ether oxygens (including phenoxy) is 1. The maximum Gasteiger partial charge on any atom is 0.329 e. The molecule has 2 atom stereocenters. The van der Waals surface area contributed by atoms with Gasteiger partial charge in [0.1, 0.15) is 18.5 Å². The second-order valence-electron chi connectivity index (χ2n) is 7.05. The molecule has 0 aliphatic heterocycles. The van der Waals surface area contributed by atoms with Crippen molar-refractivity contribution in [2.75, 3.05) is 18.5 Å². The van der Waals surface area contributed by atoms with Crippen molar-refractivity contribution >= 4 is 17.1 Å². The standard InChI is InChI=1S/C19H25N5O5/c1-11-5-4-6-14(7-11)29-10-13(26)9-24-15-16(21-18(24)20-8-12(2)25)23(3)19(28)22-17(15)27/h4-7,12-13,25-26H,8-10H2,1-3H3,(H,20,21)(H,22,27,28)/t12-,13-/m1/s1. The highest BCUT2D eigenvalue weighted by atomic mass is 16.5. The molecule has 2 aromatic heterocycles. The Hall–Kier alpha value is -3.11. The normalized spacial score (nSPS) is 13.4. The lowest BCUT2D eigenvalue weighted by Gasteiger charge is -2.16. The molecule has 29 heavy (non-hydrogen) atoms. The van der Waals surface area contributed by atoms with Crippen LogP contribution in [0, 0.1) is 6.92 Å². The van der Waals surface area contributed by atoms with Crippen molar-refractivity contribution in [3.63, 3.8) is 0 Å². The summed E-state index contributed by atoms with van der Waals surface area (Å²) in [5, 5.41) is 23.0. The van der Waals surface area contributed by atoms with Crippen LogP contribution in [-0.2, 0) is 13.6 Å². The van der Waals surface area contributed by atoms with Crippen LogP contribution >= 0.6 is 0 Å². The molecule has 1 aromatic carbocycles. The van der Waals surface area contributed by atoms with E-state index in [2.05, 4.69) is 15.3 Å². The van der Waals surface area contributed by atoms with Crippen molar-refractivity contribution in [1.82, 2.24) is 19.1 Å². The maximum absolute atomic E-state index is 12.4. The highest BCUT2D eigenvalue weighted by Gasteiger charge is 2.20. The molecule has 0 aliphatic rings. The van der Waals surface area contributed by atoms with E-state index < -0.39 is 23.5 Å². The number of rotatable bonds is 8. The van der Waals surface area contributed by atoms with Crippen LogP contribution in [0.15, 0.2) is 33.9 Å². The zero-order valence-corrected chi connectivity index (χ0v) is 16.5. The Bertz CT molecular complexity index is 1110. The second kappa shape index (κ2) is 8.50. The fraction of sp³-hybridized carbons (Fsp3) is 0.421. The Labute approximate surface area is 166 Å². The number of aliphatic hydroxyl groups is 2. The van der Waals surface area contributed by atoms with E-state index in [9.17, 15) is 19.8 Å². The van der Waals surface area contributed by atoms with Crippen molar-refractivity contribution in [2.45, 2.75) is 32.6 Å². The lowest BCUT2D eigenvalue weighted by molar-refractivity contribution is 0.0937. The number of benzene rings is 1. The van der Waals surface area contributed by atoms with Gasteiger partial charge in [0.15, 0.2) is 11.2 Å². The summed E-state index contributed by atoms with van der Waals surface area (Å²) in [6.45, 7) is 3.74. The molecule has 0 spiro atoms. The largest absolute Gasteiger partial charge is 0.491 e. The smallest absolute Gasteiger partial charge is 0.329 e. The van der Waals surface area contributed by atoms with Crippen molar-refractivity contribution in [3.8, 4) is 5.75 Å².